The number of rotatable bonds is 10. The molecule has 0 fully saturated rings. The molecule has 0 unspecified atom stereocenters. The molecule has 170 valence electrons. The van der Waals surface area contributed by atoms with Gasteiger partial charge in [-0.2, -0.15) is 0 Å². The minimum Gasteiger partial charge on any atom is -0.325 e. The lowest BCUT2D eigenvalue weighted by atomic mass is 9.36. The normalized spacial score (nSPS) is 10.9. The van der Waals surface area contributed by atoms with Gasteiger partial charge in [-0.3, -0.25) is 0 Å². The fourth-order valence-electron chi connectivity index (χ4n) is 4.59. The van der Waals surface area contributed by atoms with Gasteiger partial charge < -0.3 is 4.48 Å². The van der Waals surface area contributed by atoms with Crippen molar-refractivity contribution in [3.63, 3.8) is 0 Å². The number of hydrogen-bond donors (Lipinski definition) is 0. The van der Waals surface area contributed by atoms with Gasteiger partial charge in [-0.15, -0.1) is 0 Å². The van der Waals surface area contributed by atoms with E-state index in [1.165, 1.54) is 65.5 Å². The third-order valence-electron chi connectivity index (χ3n) is 7.11. The third-order valence-corrected chi connectivity index (χ3v) is 7.11. The molecule has 0 aromatic heterocycles. The summed E-state index contributed by atoms with van der Waals surface area (Å²) in [6, 6.07) is 30.7. The molecular formula is C30H43BN+. The standard InChI is InChI=1S/C22H23B.C8H20N/c1-2-3-12-19-13-10-11-18-22(19)23(20-14-6-4-7-15-20)21-16-8-5-9-17-21;1-5-9(6-2,7-3)8-4/h4-11,13-18H,2-3,12H2,1H3;5-8H2,1-4H3/q;+1. The maximum absolute atomic E-state index is 2.30. The van der Waals surface area contributed by atoms with Crippen molar-refractivity contribution in [2.75, 3.05) is 26.2 Å². The molecule has 3 aromatic rings. The van der Waals surface area contributed by atoms with Crippen LogP contribution in [0.4, 0.5) is 0 Å². The van der Waals surface area contributed by atoms with E-state index >= 15 is 0 Å². The Morgan fingerprint density at radius 1 is 0.562 bits per heavy atom. The minimum absolute atomic E-state index is 0.311. The van der Waals surface area contributed by atoms with E-state index in [9.17, 15) is 0 Å². The first-order chi connectivity index (χ1) is 15.6. The number of aryl methyl sites for hydroxylation is 1. The monoisotopic (exact) mass is 428 g/mol. The molecule has 2 heteroatoms. The van der Waals surface area contributed by atoms with Gasteiger partial charge in [0.05, 0.1) is 26.2 Å². The molecular weight excluding hydrogens is 385 g/mol. The van der Waals surface area contributed by atoms with Crippen molar-refractivity contribution in [2.45, 2.75) is 53.9 Å². The van der Waals surface area contributed by atoms with E-state index in [1.807, 2.05) is 0 Å². The van der Waals surface area contributed by atoms with Gasteiger partial charge in [0.1, 0.15) is 0 Å². The Morgan fingerprint density at radius 2 is 1.00 bits per heavy atom. The molecule has 1 nitrogen and oxygen atoms in total. The van der Waals surface area contributed by atoms with E-state index in [-0.39, 0.29) is 0 Å². The first-order valence-corrected chi connectivity index (χ1v) is 12.7. The topological polar surface area (TPSA) is 0 Å². The quantitative estimate of drug-likeness (QED) is 0.298. The van der Waals surface area contributed by atoms with Crippen molar-refractivity contribution in [2.24, 2.45) is 0 Å². The highest BCUT2D eigenvalue weighted by molar-refractivity contribution is 6.95. The molecule has 0 radical (unpaired) electrons. The van der Waals surface area contributed by atoms with Gasteiger partial charge in [-0.1, -0.05) is 120 Å². The predicted octanol–water partition coefficient (Wildman–Crippen LogP) is 5.43. The van der Waals surface area contributed by atoms with E-state index < -0.39 is 0 Å². The van der Waals surface area contributed by atoms with Crippen LogP contribution in [0, 0.1) is 0 Å². The lowest BCUT2D eigenvalue weighted by Crippen LogP contribution is -2.53. The van der Waals surface area contributed by atoms with E-state index in [0.29, 0.717) is 6.71 Å². The molecule has 0 N–H and O–H groups in total. The molecule has 0 heterocycles. The average Bonchev–Trinajstić information content (AvgIpc) is 2.87. The summed E-state index contributed by atoms with van der Waals surface area (Å²) in [5.41, 5.74) is 5.65. The zero-order valence-electron chi connectivity index (χ0n) is 21.1. The van der Waals surface area contributed by atoms with Crippen LogP contribution < -0.4 is 16.4 Å². The summed E-state index contributed by atoms with van der Waals surface area (Å²) in [7, 11) is 0. The second-order valence-corrected chi connectivity index (χ2v) is 8.66. The van der Waals surface area contributed by atoms with Crippen LogP contribution in [0.5, 0.6) is 0 Å². The highest BCUT2D eigenvalue weighted by Crippen LogP contribution is 2.06. The Bertz CT molecular complexity index is 815. The second-order valence-electron chi connectivity index (χ2n) is 8.66. The lowest BCUT2D eigenvalue weighted by molar-refractivity contribution is -0.921. The van der Waals surface area contributed by atoms with Gasteiger partial charge in [0, 0.05) is 0 Å². The van der Waals surface area contributed by atoms with Crippen molar-refractivity contribution >= 4 is 23.1 Å². The molecule has 0 aliphatic rings. The molecule has 0 amide bonds. The lowest BCUT2D eigenvalue weighted by Gasteiger charge is -2.34. The summed E-state index contributed by atoms with van der Waals surface area (Å²) in [6.45, 7) is 16.8. The number of unbranched alkanes of at least 4 members (excludes halogenated alkanes) is 1. The van der Waals surface area contributed by atoms with E-state index in [0.717, 1.165) is 6.42 Å². The highest BCUT2D eigenvalue weighted by atomic mass is 15.3. The zero-order chi connectivity index (χ0) is 23.2. The Balaban J connectivity index is 0.000000344. The Hall–Kier alpha value is -2.32. The number of nitrogens with zero attached hydrogens (tertiary/aromatic N) is 1. The highest BCUT2D eigenvalue weighted by Gasteiger charge is 2.23. The maximum Gasteiger partial charge on any atom is 0.241 e. The van der Waals surface area contributed by atoms with E-state index in [4.69, 9.17) is 0 Å². The maximum atomic E-state index is 2.30. The molecule has 0 saturated heterocycles. The van der Waals surface area contributed by atoms with Crippen molar-refractivity contribution in [3.8, 4) is 0 Å². The number of benzene rings is 3. The largest absolute Gasteiger partial charge is 0.325 e. The molecule has 0 spiro atoms. The van der Waals surface area contributed by atoms with Crippen LogP contribution in [0.2, 0.25) is 0 Å². The van der Waals surface area contributed by atoms with E-state index in [1.54, 1.807) is 0 Å². The zero-order valence-corrected chi connectivity index (χ0v) is 21.1. The van der Waals surface area contributed by atoms with Crippen LogP contribution in [0.1, 0.15) is 53.0 Å². The fraction of sp³-hybridized carbons (Fsp3) is 0.400. The molecule has 3 rings (SSSR count). The van der Waals surface area contributed by atoms with Crippen molar-refractivity contribution in [1.82, 2.24) is 0 Å². The second kappa shape index (κ2) is 14.0. The van der Waals surface area contributed by atoms with Gasteiger partial charge in [0.25, 0.3) is 0 Å². The molecule has 0 aliphatic heterocycles. The smallest absolute Gasteiger partial charge is 0.241 e. The van der Waals surface area contributed by atoms with Gasteiger partial charge in [0.2, 0.25) is 6.71 Å². The van der Waals surface area contributed by atoms with Crippen LogP contribution in [-0.2, 0) is 6.42 Å². The molecule has 0 aliphatic carbocycles. The molecule has 0 saturated carbocycles. The summed E-state index contributed by atoms with van der Waals surface area (Å²) in [5, 5.41) is 0. The SMILES string of the molecule is CCCCc1ccccc1B(c1ccccc1)c1ccccc1.CC[N+](CC)(CC)CC. The first kappa shape index (κ1) is 25.9. The van der Waals surface area contributed by atoms with Gasteiger partial charge in [-0.05, 0) is 40.5 Å². The van der Waals surface area contributed by atoms with Crippen LogP contribution >= 0.6 is 0 Å². The van der Waals surface area contributed by atoms with Gasteiger partial charge in [-0.25, -0.2) is 0 Å². The molecule has 3 aromatic carbocycles. The van der Waals surface area contributed by atoms with Gasteiger partial charge >= 0.3 is 0 Å². The summed E-state index contributed by atoms with van der Waals surface area (Å²) >= 11 is 0. The summed E-state index contributed by atoms with van der Waals surface area (Å²) < 4.78 is 1.28. The predicted molar refractivity (Wildman–Crippen MR) is 145 cm³/mol. The van der Waals surface area contributed by atoms with Crippen LogP contribution in [0.15, 0.2) is 84.9 Å². The summed E-state index contributed by atoms with van der Waals surface area (Å²) in [6.07, 6.45) is 3.63. The van der Waals surface area contributed by atoms with Crippen LogP contribution in [0.25, 0.3) is 0 Å². The third kappa shape index (κ3) is 7.10. The minimum atomic E-state index is 0.311. The average molecular weight is 428 g/mol. The molecule has 32 heavy (non-hydrogen) atoms. The summed E-state index contributed by atoms with van der Waals surface area (Å²) in [5.74, 6) is 0. The molecule has 0 atom stereocenters. The molecule has 0 bridgehead atoms. The Kier molecular flexibility index (Phi) is 11.3. The number of hydrogen-bond acceptors (Lipinski definition) is 0. The van der Waals surface area contributed by atoms with Crippen molar-refractivity contribution in [3.05, 3.63) is 90.5 Å². The van der Waals surface area contributed by atoms with Crippen molar-refractivity contribution in [1.29, 1.82) is 0 Å². The first-order valence-electron chi connectivity index (χ1n) is 12.7. The number of quaternary nitrogens is 1. The Morgan fingerprint density at radius 3 is 1.41 bits per heavy atom. The van der Waals surface area contributed by atoms with Crippen LogP contribution in [-0.4, -0.2) is 37.4 Å². The van der Waals surface area contributed by atoms with Crippen molar-refractivity contribution < 1.29 is 4.48 Å². The van der Waals surface area contributed by atoms with Crippen LogP contribution in [0.3, 0.4) is 0 Å². The summed E-state index contributed by atoms with van der Waals surface area (Å²) in [4.78, 5) is 0. The van der Waals surface area contributed by atoms with E-state index in [2.05, 4.69) is 120 Å². The van der Waals surface area contributed by atoms with Gasteiger partial charge in [0.15, 0.2) is 0 Å². The fourth-order valence-corrected chi connectivity index (χ4v) is 4.59. The Labute approximate surface area is 198 Å².